The molecule has 3 heteroatoms. The number of hydrogen-bond acceptors (Lipinski definition) is 2. The molecule has 0 aromatic heterocycles. The van der Waals surface area contributed by atoms with E-state index in [0.29, 0.717) is 6.54 Å². The van der Waals surface area contributed by atoms with Crippen LogP contribution in [0, 0.1) is 0 Å². The molecule has 0 fully saturated rings. The Morgan fingerprint density at radius 1 is 0.500 bits per heavy atom. The maximum absolute atomic E-state index is 5.02. The van der Waals surface area contributed by atoms with Crippen molar-refractivity contribution in [3.63, 3.8) is 0 Å². The van der Waals surface area contributed by atoms with Crippen LogP contribution in [0.4, 0.5) is 0 Å². The zero-order valence-electron chi connectivity index (χ0n) is 26.7. The molecule has 0 radical (unpaired) electrons. The first kappa shape index (κ1) is 30.5. The normalized spacial score (nSPS) is 12.2. The van der Waals surface area contributed by atoms with Crippen LogP contribution in [0.1, 0.15) is 41.7 Å². The quantitative estimate of drug-likeness (QED) is 0.138. The first-order valence-electron chi connectivity index (χ1n) is 15.8. The zero-order valence-corrected chi connectivity index (χ0v) is 26.7. The van der Waals surface area contributed by atoms with Crippen LogP contribution in [0.2, 0.25) is 0 Å². The van der Waals surface area contributed by atoms with Gasteiger partial charge in [-0.15, -0.1) is 0 Å². The summed E-state index contributed by atoms with van der Waals surface area (Å²) in [6.45, 7) is 5.14. The van der Waals surface area contributed by atoms with Crippen molar-refractivity contribution in [3.05, 3.63) is 192 Å². The van der Waals surface area contributed by atoms with Gasteiger partial charge in [-0.3, -0.25) is 9.98 Å². The predicted octanol–water partition coefficient (Wildman–Crippen LogP) is 9.96. The highest BCUT2D eigenvalue weighted by molar-refractivity contribution is 6.14. The molecule has 6 aromatic carbocycles. The van der Waals surface area contributed by atoms with Crippen LogP contribution in [0.15, 0.2) is 174 Å². The Balaban J connectivity index is 1.18. The minimum atomic E-state index is -0.148. The summed E-state index contributed by atoms with van der Waals surface area (Å²) in [7, 11) is 1.80. The van der Waals surface area contributed by atoms with E-state index in [-0.39, 0.29) is 5.41 Å². The number of benzene rings is 6. The van der Waals surface area contributed by atoms with E-state index in [1.165, 1.54) is 33.4 Å². The molecule has 0 atom stereocenters. The van der Waals surface area contributed by atoms with Crippen molar-refractivity contribution in [2.75, 3.05) is 7.05 Å². The van der Waals surface area contributed by atoms with Gasteiger partial charge >= 0.3 is 0 Å². The molecule has 0 aliphatic carbocycles. The Bertz CT molecular complexity index is 1920. The molecule has 0 unspecified atom stereocenters. The Kier molecular flexibility index (Phi) is 9.31. The predicted molar refractivity (Wildman–Crippen MR) is 195 cm³/mol. The van der Waals surface area contributed by atoms with E-state index in [1.807, 2.05) is 36.4 Å². The average Bonchev–Trinajstić information content (AvgIpc) is 3.13. The lowest BCUT2D eigenvalue weighted by Crippen LogP contribution is -2.32. The first-order chi connectivity index (χ1) is 22.5. The fraction of sp³-hybridized carbons (Fsp3) is 0.116. The van der Waals surface area contributed by atoms with Crippen LogP contribution >= 0.6 is 0 Å². The van der Waals surface area contributed by atoms with Gasteiger partial charge in [0.2, 0.25) is 0 Å². The maximum atomic E-state index is 5.02. The topological polar surface area (TPSA) is 36.8 Å². The second kappa shape index (κ2) is 14.0. The molecule has 1 N–H and O–H groups in total. The molecule has 0 bridgehead atoms. The smallest absolute Gasteiger partial charge is 0.134 e. The van der Waals surface area contributed by atoms with Crippen molar-refractivity contribution in [2.24, 2.45) is 9.98 Å². The number of rotatable bonds is 8. The van der Waals surface area contributed by atoms with Crippen LogP contribution in [-0.4, -0.2) is 18.7 Å². The lowest BCUT2D eigenvalue weighted by atomic mass is 9.77. The van der Waals surface area contributed by atoms with Gasteiger partial charge in [-0.25, -0.2) is 0 Å². The van der Waals surface area contributed by atoms with E-state index in [9.17, 15) is 0 Å². The van der Waals surface area contributed by atoms with Crippen molar-refractivity contribution in [3.8, 4) is 22.3 Å². The third-order valence-corrected chi connectivity index (χ3v) is 8.56. The summed E-state index contributed by atoms with van der Waals surface area (Å²) in [6.07, 6.45) is 0. The van der Waals surface area contributed by atoms with E-state index in [2.05, 4.69) is 152 Å². The largest absolute Gasteiger partial charge is 0.325 e. The summed E-state index contributed by atoms with van der Waals surface area (Å²) in [5.74, 6) is 1.58. The van der Waals surface area contributed by atoms with Gasteiger partial charge in [-0.1, -0.05) is 172 Å². The number of nitrogens with zero attached hydrogens (tertiary/aromatic N) is 2. The van der Waals surface area contributed by atoms with Gasteiger partial charge in [0.25, 0.3) is 0 Å². The second-order valence-electron chi connectivity index (χ2n) is 11.9. The SMILES string of the molecule is CN=C(NC(=NCc1ccc(C(C)(C)c2ccc(-c3cccc(-c4ccccc4)c3)cc2)cc1)c1ccccc1)c1ccccc1. The van der Waals surface area contributed by atoms with Crippen LogP contribution in [0.3, 0.4) is 0 Å². The van der Waals surface area contributed by atoms with Gasteiger partial charge in [0.05, 0.1) is 6.54 Å². The molecule has 0 aliphatic rings. The highest BCUT2D eigenvalue weighted by Crippen LogP contribution is 2.34. The number of hydrogen-bond donors (Lipinski definition) is 1. The molecule has 46 heavy (non-hydrogen) atoms. The summed E-state index contributed by atoms with van der Waals surface area (Å²) < 4.78 is 0. The Morgan fingerprint density at radius 2 is 0.957 bits per heavy atom. The van der Waals surface area contributed by atoms with Gasteiger partial charge in [0.1, 0.15) is 11.7 Å². The van der Waals surface area contributed by atoms with Gasteiger partial charge in [0.15, 0.2) is 0 Å². The molecule has 3 nitrogen and oxygen atoms in total. The molecule has 0 saturated carbocycles. The summed E-state index contributed by atoms with van der Waals surface area (Å²) in [6, 6.07) is 57.5. The van der Waals surface area contributed by atoms with Crippen molar-refractivity contribution in [1.29, 1.82) is 0 Å². The minimum absolute atomic E-state index is 0.148. The standard InChI is InChI=1S/C43H39N3/c1-43(2,40-28-24-34(25-29-40)38-21-13-20-37(30-38)33-14-7-4-8-15-33)39-26-22-32(23-27-39)31-45-42(36-18-11-6-12-19-36)46-41(44-3)35-16-9-5-10-17-35/h4-30H,31H2,1-3H3,(H,44,45,46). The Labute approximate surface area is 273 Å². The monoisotopic (exact) mass is 597 g/mol. The number of nitrogens with one attached hydrogen (secondary N) is 1. The highest BCUT2D eigenvalue weighted by atomic mass is 15.1. The lowest BCUT2D eigenvalue weighted by Gasteiger charge is -2.26. The van der Waals surface area contributed by atoms with E-state index in [0.717, 1.165) is 28.4 Å². The molecule has 0 spiro atoms. The van der Waals surface area contributed by atoms with E-state index in [4.69, 9.17) is 4.99 Å². The molecule has 226 valence electrons. The van der Waals surface area contributed by atoms with Crippen LogP contribution in [0.25, 0.3) is 22.3 Å². The van der Waals surface area contributed by atoms with Crippen LogP contribution in [0.5, 0.6) is 0 Å². The minimum Gasteiger partial charge on any atom is -0.325 e. The number of amidine groups is 2. The molecule has 6 aromatic rings. The fourth-order valence-electron chi connectivity index (χ4n) is 5.72. The molecule has 0 amide bonds. The molecule has 0 saturated heterocycles. The van der Waals surface area contributed by atoms with E-state index >= 15 is 0 Å². The average molecular weight is 598 g/mol. The van der Waals surface area contributed by atoms with Gasteiger partial charge in [-0.05, 0) is 45.0 Å². The zero-order chi connectivity index (χ0) is 31.8. The second-order valence-corrected chi connectivity index (χ2v) is 11.9. The fourth-order valence-corrected chi connectivity index (χ4v) is 5.72. The van der Waals surface area contributed by atoms with Crippen molar-refractivity contribution >= 4 is 11.7 Å². The Morgan fingerprint density at radius 3 is 1.50 bits per heavy atom. The van der Waals surface area contributed by atoms with Crippen LogP contribution < -0.4 is 5.32 Å². The molecule has 6 rings (SSSR count). The van der Waals surface area contributed by atoms with E-state index in [1.54, 1.807) is 7.05 Å². The summed E-state index contributed by atoms with van der Waals surface area (Å²) in [5, 5.41) is 3.49. The lowest BCUT2D eigenvalue weighted by molar-refractivity contribution is 0.640. The van der Waals surface area contributed by atoms with Gasteiger partial charge in [0, 0.05) is 23.6 Å². The summed E-state index contributed by atoms with van der Waals surface area (Å²) in [5.41, 5.74) is 10.5. The third-order valence-electron chi connectivity index (χ3n) is 8.56. The van der Waals surface area contributed by atoms with E-state index < -0.39 is 0 Å². The summed E-state index contributed by atoms with van der Waals surface area (Å²) in [4.78, 5) is 9.53. The highest BCUT2D eigenvalue weighted by Gasteiger charge is 2.23. The van der Waals surface area contributed by atoms with Crippen LogP contribution in [-0.2, 0) is 12.0 Å². The van der Waals surface area contributed by atoms with Crippen molar-refractivity contribution in [2.45, 2.75) is 25.8 Å². The molecule has 0 aliphatic heterocycles. The molecule has 0 heterocycles. The van der Waals surface area contributed by atoms with Crippen molar-refractivity contribution in [1.82, 2.24) is 5.32 Å². The van der Waals surface area contributed by atoms with Crippen molar-refractivity contribution < 1.29 is 0 Å². The molecular weight excluding hydrogens is 558 g/mol. The third kappa shape index (κ3) is 7.06. The maximum Gasteiger partial charge on any atom is 0.134 e. The van der Waals surface area contributed by atoms with Gasteiger partial charge < -0.3 is 5.32 Å². The first-order valence-corrected chi connectivity index (χ1v) is 15.8. The summed E-state index contributed by atoms with van der Waals surface area (Å²) >= 11 is 0. The molecular formula is C43H39N3. The number of aliphatic imine (C=N–C) groups is 2. The van der Waals surface area contributed by atoms with Gasteiger partial charge in [-0.2, -0.15) is 0 Å². The Hall–Kier alpha value is -5.54.